The van der Waals surface area contributed by atoms with Crippen molar-refractivity contribution in [3.05, 3.63) is 42.5 Å². The molecule has 0 spiro atoms. The summed E-state index contributed by atoms with van der Waals surface area (Å²) in [7, 11) is 0. The molecule has 0 unspecified atom stereocenters. The van der Waals surface area contributed by atoms with Gasteiger partial charge >= 0.3 is 5.97 Å². The number of rotatable bonds is 7. The lowest BCUT2D eigenvalue weighted by atomic mass is 10.0. The molecule has 0 heterocycles. The van der Waals surface area contributed by atoms with Gasteiger partial charge in [0.05, 0.1) is 0 Å². The van der Waals surface area contributed by atoms with Crippen LogP contribution in [-0.2, 0) is 9.53 Å². The Hall–Kier alpha value is -1.78. The largest absolute Gasteiger partial charge is 0.486 e. The molecule has 2 aromatic carbocycles. The highest BCUT2D eigenvalue weighted by molar-refractivity contribution is 5.85. The summed E-state index contributed by atoms with van der Waals surface area (Å²) >= 11 is 0. The fourth-order valence-electron chi connectivity index (χ4n) is 2.77. The zero-order chi connectivity index (χ0) is 18.6. The van der Waals surface area contributed by atoms with Crippen LogP contribution in [0.4, 0.5) is 0 Å². The molecule has 3 atom stereocenters. The fourth-order valence-corrected chi connectivity index (χ4v) is 2.77. The summed E-state index contributed by atoms with van der Waals surface area (Å²) in [4.78, 5) is 12.1. The molecule has 2 N–H and O–H groups in total. The molecule has 0 saturated heterocycles. The Kier molecular flexibility index (Phi) is 8.38. The maximum absolute atomic E-state index is 12.1. The number of benzene rings is 2. The van der Waals surface area contributed by atoms with Crippen LogP contribution < -0.4 is 10.5 Å². The Labute approximate surface area is 162 Å². The van der Waals surface area contributed by atoms with E-state index in [4.69, 9.17) is 15.2 Å². The van der Waals surface area contributed by atoms with Gasteiger partial charge in [0, 0.05) is 0 Å². The van der Waals surface area contributed by atoms with Crippen LogP contribution in [0.15, 0.2) is 42.5 Å². The highest BCUT2D eigenvalue weighted by Crippen LogP contribution is 2.24. The SMILES string of the molecule is CC(C)[C@H](N)C(=O)O[C@@H](C)[C@H](Oc1ccc2ccccc2c1)C(C)C.Cl. The second-order valence-corrected chi connectivity index (χ2v) is 7.25. The zero-order valence-corrected chi connectivity index (χ0v) is 17.0. The Morgan fingerprint density at radius 2 is 1.54 bits per heavy atom. The summed E-state index contributed by atoms with van der Waals surface area (Å²) < 4.78 is 11.7. The summed E-state index contributed by atoms with van der Waals surface area (Å²) in [5.74, 6) is 0.617. The Morgan fingerprint density at radius 3 is 2.12 bits per heavy atom. The van der Waals surface area contributed by atoms with Gasteiger partial charge in [0.1, 0.15) is 24.0 Å². The van der Waals surface area contributed by atoms with Crippen molar-refractivity contribution in [3.8, 4) is 5.75 Å². The molecular formula is C21H30ClNO3. The average Bonchev–Trinajstić information content (AvgIpc) is 2.58. The number of hydrogen-bond acceptors (Lipinski definition) is 4. The van der Waals surface area contributed by atoms with E-state index in [9.17, 15) is 4.79 Å². The number of carbonyl (C=O) groups is 1. The van der Waals surface area contributed by atoms with E-state index in [1.807, 2.05) is 51.1 Å². The number of halogens is 1. The minimum Gasteiger partial charge on any atom is -0.486 e. The molecule has 26 heavy (non-hydrogen) atoms. The van der Waals surface area contributed by atoms with Gasteiger partial charge < -0.3 is 15.2 Å². The molecule has 0 fully saturated rings. The van der Waals surface area contributed by atoms with Crippen molar-refractivity contribution in [1.29, 1.82) is 0 Å². The molecule has 0 saturated carbocycles. The number of nitrogens with two attached hydrogens (primary N) is 1. The van der Waals surface area contributed by atoms with Gasteiger partial charge in [-0.1, -0.05) is 58.0 Å². The van der Waals surface area contributed by atoms with Crippen LogP contribution in [0.3, 0.4) is 0 Å². The molecule has 4 nitrogen and oxygen atoms in total. The lowest BCUT2D eigenvalue weighted by Crippen LogP contribution is -2.43. The van der Waals surface area contributed by atoms with E-state index in [1.54, 1.807) is 0 Å². The van der Waals surface area contributed by atoms with E-state index < -0.39 is 6.04 Å². The molecule has 2 rings (SSSR count). The maximum atomic E-state index is 12.1. The number of ether oxygens (including phenoxy) is 2. The van der Waals surface area contributed by atoms with E-state index in [2.05, 4.69) is 26.0 Å². The summed E-state index contributed by atoms with van der Waals surface area (Å²) in [6, 6.07) is 13.5. The van der Waals surface area contributed by atoms with Gasteiger partial charge in [0.15, 0.2) is 0 Å². The molecular weight excluding hydrogens is 350 g/mol. The summed E-state index contributed by atoms with van der Waals surface area (Å²) in [6.07, 6.45) is -0.631. The van der Waals surface area contributed by atoms with Crippen LogP contribution in [-0.4, -0.2) is 24.2 Å². The van der Waals surface area contributed by atoms with Crippen LogP contribution in [0.1, 0.15) is 34.6 Å². The first-order valence-corrected chi connectivity index (χ1v) is 8.91. The Morgan fingerprint density at radius 1 is 0.923 bits per heavy atom. The normalized spacial score (nSPS) is 14.6. The van der Waals surface area contributed by atoms with Gasteiger partial charge in [-0.05, 0) is 41.7 Å². The molecule has 0 bridgehead atoms. The highest BCUT2D eigenvalue weighted by atomic mass is 35.5. The smallest absolute Gasteiger partial charge is 0.323 e. The number of carbonyl (C=O) groups excluding carboxylic acids is 1. The van der Waals surface area contributed by atoms with Crippen LogP contribution >= 0.6 is 12.4 Å². The van der Waals surface area contributed by atoms with Gasteiger partial charge in [0.25, 0.3) is 0 Å². The molecule has 0 aromatic heterocycles. The van der Waals surface area contributed by atoms with Crippen molar-refractivity contribution in [1.82, 2.24) is 0 Å². The zero-order valence-electron chi connectivity index (χ0n) is 16.1. The second-order valence-electron chi connectivity index (χ2n) is 7.25. The fraction of sp³-hybridized carbons (Fsp3) is 0.476. The van der Waals surface area contributed by atoms with Gasteiger partial charge in [-0.25, -0.2) is 0 Å². The number of esters is 1. The van der Waals surface area contributed by atoms with E-state index in [0.717, 1.165) is 11.1 Å². The summed E-state index contributed by atoms with van der Waals surface area (Å²) in [5, 5.41) is 2.28. The number of hydrogen-bond donors (Lipinski definition) is 1. The van der Waals surface area contributed by atoms with Crippen molar-refractivity contribution in [2.75, 3.05) is 0 Å². The van der Waals surface area contributed by atoms with Crippen LogP contribution in [0.25, 0.3) is 10.8 Å². The first-order chi connectivity index (χ1) is 11.8. The minimum absolute atomic E-state index is 0. The van der Waals surface area contributed by atoms with Crippen molar-refractivity contribution in [3.63, 3.8) is 0 Å². The molecule has 0 amide bonds. The van der Waals surface area contributed by atoms with Crippen molar-refractivity contribution < 1.29 is 14.3 Å². The standard InChI is InChI=1S/C21H29NO3.ClH/c1-13(2)19(22)21(23)24-15(5)20(14(3)4)25-18-11-10-16-8-6-7-9-17(16)12-18;/h6-15,19-20H,22H2,1-5H3;1H/t15-,19-,20+;/m0./s1. The Balaban J connectivity index is 0.00000338. The number of fused-ring (bicyclic) bond motifs is 1. The van der Waals surface area contributed by atoms with Gasteiger partial charge in [0.2, 0.25) is 0 Å². The monoisotopic (exact) mass is 379 g/mol. The van der Waals surface area contributed by atoms with E-state index in [1.165, 1.54) is 5.39 Å². The summed E-state index contributed by atoms with van der Waals surface area (Å²) in [6.45, 7) is 9.78. The van der Waals surface area contributed by atoms with Gasteiger partial charge in [-0.2, -0.15) is 0 Å². The third kappa shape index (κ3) is 5.61. The van der Waals surface area contributed by atoms with Gasteiger partial charge in [-0.3, -0.25) is 4.79 Å². The van der Waals surface area contributed by atoms with E-state index in [0.29, 0.717) is 0 Å². The minimum atomic E-state index is -0.615. The van der Waals surface area contributed by atoms with Gasteiger partial charge in [-0.15, -0.1) is 12.4 Å². The van der Waals surface area contributed by atoms with Crippen molar-refractivity contribution in [2.24, 2.45) is 17.6 Å². The van der Waals surface area contributed by atoms with Crippen molar-refractivity contribution in [2.45, 2.75) is 52.9 Å². The molecule has 144 valence electrons. The van der Waals surface area contributed by atoms with Crippen LogP contribution in [0.2, 0.25) is 0 Å². The Bertz CT molecular complexity index is 717. The molecule has 0 aliphatic heterocycles. The average molecular weight is 380 g/mol. The third-order valence-electron chi connectivity index (χ3n) is 4.41. The van der Waals surface area contributed by atoms with Crippen LogP contribution in [0, 0.1) is 11.8 Å². The lowest BCUT2D eigenvalue weighted by molar-refractivity contribution is -0.156. The van der Waals surface area contributed by atoms with Crippen molar-refractivity contribution >= 4 is 29.1 Å². The molecule has 5 heteroatoms. The predicted octanol–water partition coefficient (Wildman–Crippen LogP) is 4.58. The van der Waals surface area contributed by atoms with E-state index >= 15 is 0 Å². The molecule has 0 aliphatic carbocycles. The predicted molar refractivity (Wildman–Crippen MR) is 109 cm³/mol. The molecule has 2 aromatic rings. The second kappa shape index (κ2) is 9.79. The quantitative estimate of drug-likeness (QED) is 0.715. The highest BCUT2D eigenvalue weighted by Gasteiger charge is 2.29. The first-order valence-electron chi connectivity index (χ1n) is 8.91. The molecule has 0 aliphatic rings. The van der Waals surface area contributed by atoms with Crippen LogP contribution in [0.5, 0.6) is 5.75 Å². The molecule has 0 radical (unpaired) electrons. The third-order valence-corrected chi connectivity index (χ3v) is 4.41. The summed E-state index contributed by atoms with van der Waals surface area (Å²) in [5.41, 5.74) is 5.88. The lowest BCUT2D eigenvalue weighted by Gasteiger charge is -2.29. The first kappa shape index (κ1) is 22.3. The topological polar surface area (TPSA) is 61.6 Å². The van der Waals surface area contributed by atoms with E-state index in [-0.39, 0.29) is 42.4 Å². The maximum Gasteiger partial charge on any atom is 0.323 e.